The molecule has 3 rings (SSSR count). The molecule has 0 aliphatic carbocycles. The summed E-state index contributed by atoms with van der Waals surface area (Å²) in [5.41, 5.74) is 7.65. The van der Waals surface area contributed by atoms with Crippen LogP contribution in [0.4, 0.5) is 5.13 Å². The lowest BCUT2D eigenvalue weighted by atomic mass is 10.2. The van der Waals surface area contributed by atoms with Crippen LogP contribution >= 0.6 is 11.3 Å². The number of carbonyl (C=O) groups is 2. The summed E-state index contributed by atoms with van der Waals surface area (Å²) < 4.78 is 11.1. The van der Waals surface area contributed by atoms with Crippen molar-refractivity contribution in [3.05, 3.63) is 53.6 Å². The first-order valence-corrected chi connectivity index (χ1v) is 9.05. The number of nitrogen functional groups attached to an aromatic ring is 1. The molecule has 1 atom stereocenters. The van der Waals surface area contributed by atoms with Crippen molar-refractivity contribution in [1.29, 1.82) is 0 Å². The number of carbonyl (C=O) groups excluding carboxylic acids is 2. The second-order valence-corrected chi connectivity index (χ2v) is 6.91. The lowest BCUT2D eigenvalue weighted by Gasteiger charge is -2.13. The van der Waals surface area contributed by atoms with Crippen molar-refractivity contribution in [3.8, 4) is 5.75 Å². The Hall–Kier alpha value is -3.13. The molecule has 0 unspecified atom stereocenters. The minimum absolute atomic E-state index is 0.330. The molecule has 0 bridgehead atoms. The summed E-state index contributed by atoms with van der Waals surface area (Å²) >= 11 is 1.29. The van der Waals surface area contributed by atoms with Crippen molar-refractivity contribution < 1.29 is 19.1 Å². The molecule has 7 nitrogen and oxygen atoms in total. The van der Waals surface area contributed by atoms with Crippen molar-refractivity contribution in [2.24, 2.45) is 0 Å². The van der Waals surface area contributed by atoms with Crippen LogP contribution in [-0.4, -0.2) is 30.1 Å². The first-order valence-electron chi connectivity index (χ1n) is 8.24. The van der Waals surface area contributed by atoms with Crippen LogP contribution in [0.5, 0.6) is 5.75 Å². The molecule has 0 saturated carbocycles. The third kappa shape index (κ3) is 4.53. The van der Waals surface area contributed by atoms with E-state index >= 15 is 0 Å². The number of fused-ring (bicyclic) bond motifs is 1. The molecule has 2 aromatic carbocycles. The second kappa shape index (κ2) is 8.05. The Kier molecular flexibility index (Phi) is 5.56. The molecule has 0 spiro atoms. The summed E-state index contributed by atoms with van der Waals surface area (Å²) in [7, 11) is 1.59. The molecular weight excluding hydrogens is 366 g/mol. The molecule has 1 amide bonds. The highest BCUT2D eigenvalue weighted by molar-refractivity contribution is 7.22. The predicted octanol–water partition coefficient (Wildman–Crippen LogP) is 2.75. The van der Waals surface area contributed by atoms with Gasteiger partial charge in [-0.05, 0) is 42.8 Å². The third-order valence-electron chi connectivity index (χ3n) is 3.92. The number of hydrogen-bond acceptors (Lipinski definition) is 7. The number of methoxy groups -OCH3 is 1. The summed E-state index contributed by atoms with van der Waals surface area (Å²) in [5.74, 6) is -0.203. The fourth-order valence-corrected chi connectivity index (χ4v) is 3.20. The number of anilines is 1. The van der Waals surface area contributed by atoms with E-state index in [1.54, 1.807) is 25.3 Å². The molecule has 0 fully saturated rings. The largest absolute Gasteiger partial charge is 0.497 e. The molecule has 0 saturated heterocycles. The molecule has 3 aromatic rings. The Morgan fingerprint density at radius 2 is 1.96 bits per heavy atom. The molecular formula is C19H19N3O4S. The Morgan fingerprint density at radius 1 is 1.22 bits per heavy atom. The average Bonchev–Trinajstić information content (AvgIpc) is 3.05. The summed E-state index contributed by atoms with van der Waals surface area (Å²) in [6.07, 6.45) is -0.919. The van der Waals surface area contributed by atoms with Crippen LogP contribution in [-0.2, 0) is 16.1 Å². The van der Waals surface area contributed by atoms with Crippen molar-refractivity contribution in [1.82, 2.24) is 10.3 Å². The van der Waals surface area contributed by atoms with E-state index in [0.29, 0.717) is 17.2 Å². The molecule has 8 heteroatoms. The minimum atomic E-state index is -0.919. The molecule has 27 heavy (non-hydrogen) atoms. The monoisotopic (exact) mass is 385 g/mol. The van der Waals surface area contributed by atoms with Crippen LogP contribution in [0.25, 0.3) is 10.2 Å². The van der Waals surface area contributed by atoms with Gasteiger partial charge in [0.05, 0.1) is 22.9 Å². The van der Waals surface area contributed by atoms with Gasteiger partial charge in [-0.25, -0.2) is 9.78 Å². The van der Waals surface area contributed by atoms with E-state index < -0.39 is 12.1 Å². The SMILES string of the molecule is COc1ccc(CNC(=O)[C@H](C)OC(=O)c2ccc3nc(N)sc3c2)cc1. The molecule has 0 aliphatic heterocycles. The average molecular weight is 385 g/mol. The van der Waals surface area contributed by atoms with Gasteiger partial charge in [-0.3, -0.25) is 4.79 Å². The van der Waals surface area contributed by atoms with E-state index in [1.807, 2.05) is 24.3 Å². The van der Waals surface area contributed by atoms with Crippen molar-refractivity contribution in [2.45, 2.75) is 19.6 Å². The summed E-state index contributed by atoms with van der Waals surface area (Å²) in [4.78, 5) is 28.6. The van der Waals surface area contributed by atoms with E-state index in [2.05, 4.69) is 10.3 Å². The summed E-state index contributed by atoms with van der Waals surface area (Å²) in [6.45, 7) is 1.86. The van der Waals surface area contributed by atoms with Gasteiger partial charge in [-0.1, -0.05) is 23.5 Å². The molecule has 0 aliphatic rings. The number of benzene rings is 2. The normalized spacial score (nSPS) is 11.8. The maximum absolute atomic E-state index is 12.3. The van der Waals surface area contributed by atoms with Gasteiger partial charge < -0.3 is 20.5 Å². The van der Waals surface area contributed by atoms with E-state index in [1.165, 1.54) is 18.3 Å². The zero-order chi connectivity index (χ0) is 19.4. The van der Waals surface area contributed by atoms with Crippen molar-refractivity contribution in [2.75, 3.05) is 12.8 Å². The van der Waals surface area contributed by atoms with E-state index in [-0.39, 0.29) is 5.91 Å². The Bertz CT molecular complexity index is 969. The number of nitrogens with two attached hydrogens (primary N) is 1. The molecule has 1 heterocycles. The van der Waals surface area contributed by atoms with E-state index in [9.17, 15) is 9.59 Å². The highest BCUT2D eigenvalue weighted by atomic mass is 32.1. The van der Waals surface area contributed by atoms with Crippen LogP contribution in [0.2, 0.25) is 0 Å². The number of esters is 1. The number of amides is 1. The summed E-state index contributed by atoms with van der Waals surface area (Å²) in [6, 6.07) is 12.3. The minimum Gasteiger partial charge on any atom is -0.497 e. The molecule has 1 aromatic heterocycles. The first kappa shape index (κ1) is 18.7. The smallest absolute Gasteiger partial charge is 0.338 e. The van der Waals surface area contributed by atoms with Gasteiger partial charge in [0.25, 0.3) is 5.91 Å². The third-order valence-corrected chi connectivity index (χ3v) is 4.77. The van der Waals surface area contributed by atoms with Gasteiger partial charge in [0.1, 0.15) is 5.75 Å². The van der Waals surface area contributed by atoms with Crippen LogP contribution < -0.4 is 15.8 Å². The van der Waals surface area contributed by atoms with Crippen LogP contribution in [0, 0.1) is 0 Å². The van der Waals surface area contributed by atoms with Gasteiger partial charge in [-0.15, -0.1) is 0 Å². The van der Waals surface area contributed by atoms with E-state index in [0.717, 1.165) is 21.5 Å². The number of nitrogens with zero attached hydrogens (tertiary/aromatic N) is 1. The van der Waals surface area contributed by atoms with Gasteiger partial charge in [-0.2, -0.15) is 0 Å². The van der Waals surface area contributed by atoms with Crippen LogP contribution in [0.3, 0.4) is 0 Å². The molecule has 3 N–H and O–H groups in total. The number of ether oxygens (including phenoxy) is 2. The van der Waals surface area contributed by atoms with Crippen LogP contribution in [0.15, 0.2) is 42.5 Å². The topological polar surface area (TPSA) is 104 Å². The number of hydrogen-bond donors (Lipinski definition) is 2. The zero-order valence-corrected chi connectivity index (χ0v) is 15.7. The predicted molar refractivity (Wildman–Crippen MR) is 104 cm³/mol. The van der Waals surface area contributed by atoms with Crippen molar-refractivity contribution in [3.63, 3.8) is 0 Å². The fourth-order valence-electron chi connectivity index (χ4n) is 2.43. The van der Waals surface area contributed by atoms with Crippen molar-refractivity contribution >= 4 is 38.6 Å². The van der Waals surface area contributed by atoms with Gasteiger partial charge in [0.2, 0.25) is 0 Å². The lowest BCUT2D eigenvalue weighted by Crippen LogP contribution is -2.35. The zero-order valence-electron chi connectivity index (χ0n) is 14.9. The van der Waals surface area contributed by atoms with Gasteiger partial charge in [0, 0.05) is 6.54 Å². The van der Waals surface area contributed by atoms with Gasteiger partial charge >= 0.3 is 5.97 Å². The molecule has 140 valence electrons. The number of nitrogens with one attached hydrogen (secondary N) is 1. The molecule has 0 radical (unpaired) electrons. The Labute approximate surface area is 160 Å². The number of aromatic nitrogens is 1. The maximum atomic E-state index is 12.3. The van der Waals surface area contributed by atoms with Gasteiger partial charge in [0.15, 0.2) is 11.2 Å². The highest BCUT2D eigenvalue weighted by Gasteiger charge is 2.19. The fraction of sp³-hybridized carbons (Fsp3) is 0.211. The second-order valence-electron chi connectivity index (χ2n) is 5.85. The Morgan fingerprint density at radius 3 is 2.67 bits per heavy atom. The quantitative estimate of drug-likeness (QED) is 0.633. The summed E-state index contributed by atoms with van der Waals surface area (Å²) in [5, 5.41) is 3.18. The Balaban J connectivity index is 1.56. The number of rotatable bonds is 6. The standard InChI is InChI=1S/C19H19N3O4S/c1-11(17(23)21-10-12-3-6-14(25-2)7-4-12)26-18(24)13-5-8-15-16(9-13)27-19(20)22-15/h3-9,11H,10H2,1-2H3,(H2,20,22)(H,21,23)/t11-/m0/s1. The van der Waals surface area contributed by atoms with Crippen LogP contribution in [0.1, 0.15) is 22.8 Å². The highest BCUT2D eigenvalue weighted by Crippen LogP contribution is 2.25. The maximum Gasteiger partial charge on any atom is 0.338 e. The lowest BCUT2D eigenvalue weighted by molar-refractivity contribution is -0.129. The van der Waals surface area contributed by atoms with E-state index in [4.69, 9.17) is 15.2 Å². The number of thiazole rings is 1. The first-order chi connectivity index (χ1) is 13.0.